The average molecular weight is 331 g/mol. The van der Waals surface area contributed by atoms with Crippen molar-refractivity contribution in [1.29, 1.82) is 0 Å². The van der Waals surface area contributed by atoms with Crippen molar-refractivity contribution >= 4 is 0 Å². The third-order valence-electron chi connectivity index (χ3n) is 4.54. The number of aromatic nitrogens is 4. The fourth-order valence-corrected chi connectivity index (χ4v) is 3.42. The van der Waals surface area contributed by atoms with Crippen molar-refractivity contribution in [2.24, 2.45) is 5.92 Å². The van der Waals surface area contributed by atoms with Gasteiger partial charge in [-0.25, -0.2) is 0 Å². The largest absolute Gasteiger partial charge is 0.497 e. The van der Waals surface area contributed by atoms with Gasteiger partial charge in [0, 0.05) is 12.6 Å². The van der Waals surface area contributed by atoms with Crippen molar-refractivity contribution in [3.8, 4) is 11.4 Å². The Morgan fingerprint density at radius 3 is 2.62 bits per heavy atom. The van der Waals surface area contributed by atoms with E-state index in [0.717, 1.165) is 36.6 Å². The van der Waals surface area contributed by atoms with E-state index in [4.69, 9.17) is 4.74 Å². The van der Waals surface area contributed by atoms with E-state index in [1.807, 2.05) is 24.3 Å². The van der Waals surface area contributed by atoms with Gasteiger partial charge in [0.05, 0.1) is 25.4 Å². The second kappa shape index (κ2) is 7.27. The highest BCUT2D eigenvalue weighted by atomic mass is 16.5. The average Bonchev–Trinajstić information content (AvgIpc) is 3.20. The Morgan fingerprint density at radius 1 is 1.25 bits per heavy atom. The Hall–Kier alpha value is -1.99. The number of benzene rings is 1. The first-order valence-electron chi connectivity index (χ1n) is 8.43. The molecule has 1 saturated heterocycles. The molecule has 0 aliphatic carbocycles. The molecule has 0 saturated carbocycles. The first-order valence-corrected chi connectivity index (χ1v) is 8.43. The maximum Gasteiger partial charge on any atom is 0.173 e. The lowest BCUT2D eigenvalue weighted by molar-refractivity contribution is 0.112. The maximum atomic E-state index is 9.69. The summed E-state index contributed by atoms with van der Waals surface area (Å²) in [6, 6.07) is 8.00. The third kappa shape index (κ3) is 3.27. The van der Waals surface area contributed by atoms with Gasteiger partial charge >= 0.3 is 0 Å². The minimum absolute atomic E-state index is 0.127. The molecule has 1 fully saturated rings. The number of aliphatic hydroxyl groups is 1. The summed E-state index contributed by atoms with van der Waals surface area (Å²) < 4.78 is 7.00. The van der Waals surface area contributed by atoms with Crippen molar-refractivity contribution < 1.29 is 9.84 Å². The molecule has 1 aromatic heterocycles. The molecule has 3 rings (SSSR count). The second-order valence-electron chi connectivity index (χ2n) is 6.67. The lowest BCUT2D eigenvalue weighted by atomic mass is 10.1. The lowest BCUT2D eigenvalue weighted by Crippen LogP contribution is -2.37. The molecule has 0 amide bonds. The monoisotopic (exact) mass is 331 g/mol. The van der Waals surface area contributed by atoms with Crippen LogP contribution in [-0.4, -0.2) is 56.5 Å². The Bertz CT molecular complexity index is 655. The van der Waals surface area contributed by atoms with Crippen LogP contribution in [0.15, 0.2) is 24.3 Å². The van der Waals surface area contributed by atoms with E-state index < -0.39 is 0 Å². The predicted molar refractivity (Wildman–Crippen MR) is 90.1 cm³/mol. The molecule has 7 nitrogen and oxygen atoms in total. The normalized spacial score (nSPS) is 21.5. The van der Waals surface area contributed by atoms with E-state index in [1.54, 1.807) is 11.8 Å². The SMILES string of the molecule is COc1ccc(-n2nnnc2[C@@H]2CC[C@@H](CO)N2CC(C)C)cc1. The van der Waals surface area contributed by atoms with Crippen LogP contribution in [0.3, 0.4) is 0 Å². The molecule has 1 N–H and O–H groups in total. The number of likely N-dealkylation sites (tertiary alicyclic amines) is 1. The topological polar surface area (TPSA) is 76.3 Å². The Morgan fingerprint density at radius 2 is 2.00 bits per heavy atom. The number of rotatable bonds is 6. The van der Waals surface area contributed by atoms with Crippen molar-refractivity contribution in [2.45, 2.75) is 38.8 Å². The summed E-state index contributed by atoms with van der Waals surface area (Å²) in [5, 5.41) is 22.1. The fourth-order valence-electron chi connectivity index (χ4n) is 3.42. The minimum Gasteiger partial charge on any atom is -0.497 e. The molecule has 7 heteroatoms. The first-order chi connectivity index (χ1) is 11.6. The summed E-state index contributed by atoms with van der Waals surface area (Å²) in [5.41, 5.74) is 0.910. The zero-order valence-corrected chi connectivity index (χ0v) is 14.5. The molecule has 2 atom stereocenters. The number of hydrogen-bond acceptors (Lipinski definition) is 6. The van der Waals surface area contributed by atoms with Crippen LogP contribution in [0.1, 0.15) is 38.6 Å². The number of nitrogens with zero attached hydrogens (tertiary/aromatic N) is 5. The van der Waals surface area contributed by atoms with E-state index in [2.05, 4.69) is 34.3 Å². The maximum absolute atomic E-state index is 9.69. The summed E-state index contributed by atoms with van der Waals surface area (Å²) in [7, 11) is 1.65. The van der Waals surface area contributed by atoms with E-state index >= 15 is 0 Å². The number of ether oxygens (including phenoxy) is 1. The number of aliphatic hydroxyl groups excluding tert-OH is 1. The summed E-state index contributed by atoms with van der Waals surface area (Å²) in [4.78, 5) is 2.34. The van der Waals surface area contributed by atoms with Crippen LogP contribution in [-0.2, 0) is 0 Å². The van der Waals surface area contributed by atoms with Crippen LogP contribution in [0.2, 0.25) is 0 Å². The van der Waals surface area contributed by atoms with Crippen molar-refractivity contribution in [1.82, 2.24) is 25.1 Å². The second-order valence-corrected chi connectivity index (χ2v) is 6.67. The highest BCUT2D eigenvalue weighted by Gasteiger charge is 2.37. The van der Waals surface area contributed by atoms with E-state index in [1.165, 1.54) is 0 Å². The summed E-state index contributed by atoms with van der Waals surface area (Å²) in [6.45, 7) is 5.48. The molecular formula is C17H25N5O2. The quantitative estimate of drug-likeness (QED) is 0.870. The van der Waals surface area contributed by atoms with Crippen LogP contribution in [0.4, 0.5) is 0 Å². The molecule has 130 valence electrons. The standard InChI is InChI=1S/C17H25N5O2/c1-12(2)10-21-14(11-23)6-9-16(21)17-18-19-20-22(17)13-4-7-15(24-3)8-5-13/h4-5,7-8,12,14,16,23H,6,9-11H2,1-3H3/t14-,16-/m0/s1. The molecular weight excluding hydrogens is 306 g/mol. The summed E-state index contributed by atoms with van der Waals surface area (Å²) in [5.74, 6) is 2.15. The highest BCUT2D eigenvalue weighted by molar-refractivity contribution is 5.37. The first kappa shape index (κ1) is 16.9. The molecule has 0 radical (unpaired) electrons. The Kier molecular flexibility index (Phi) is 5.11. The van der Waals surface area contributed by atoms with Crippen molar-refractivity contribution in [3.05, 3.63) is 30.1 Å². The van der Waals surface area contributed by atoms with Gasteiger partial charge in [0.2, 0.25) is 0 Å². The predicted octanol–water partition coefficient (Wildman–Crippen LogP) is 1.82. The molecule has 2 heterocycles. The van der Waals surface area contributed by atoms with E-state index in [-0.39, 0.29) is 18.7 Å². The molecule has 0 unspecified atom stereocenters. The molecule has 24 heavy (non-hydrogen) atoms. The smallest absolute Gasteiger partial charge is 0.173 e. The van der Waals surface area contributed by atoms with Gasteiger partial charge in [-0.2, -0.15) is 4.68 Å². The van der Waals surface area contributed by atoms with Crippen molar-refractivity contribution in [2.75, 3.05) is 20.3 Å². The molecule has 1 aliphatic heterocycles. The van der Waals surface area contributed by atoms with Gasteiger partial charge in [-0.05, 0) is 53.5 Å². The summed E-state index contributed by atoms with van der Waals surface area (Å²) in [6.07, 6.45) is 1.91. The van der Waals surface area contributed by atoms with Gasteiger partial charge in [0.1, 0.15) is 5.75 Å². The van der Waals surface area contributed by atoms with Crippen LogP contribution < -0.4 is 4.74 Å². The Balaban J connectivity index is 1.90. The van der Waals surface area contributed by atoms with Crippen LogP contribution in [0, 0.1) is 5.92 Å². The van der Waals surface area contributed by atoms with Gasteiger partial charge in [-0.1, -0.05) is 13.8 Å². The van der Waals surface area contributed by atoms with Gasteiger partial charge < -0.3 is 9.84 Å². The minimum atomic E-state index is 0.127. The van der Waals surface area contributed by atoms with E-state index in [0.29, 0.717) is 5.92 Å². The van der Waals surface area contributed by atoms with Gasteiger partial charge in [0.15, 0.2) is 5.82 Å². The number of tetrazole rings is 1. The Labute approximate surface area is 142 Å². The van der Waals surface area contributed by atoms with Gasteiger partial charge in [-0.15, -0.1) is 5.10 Å². The van der Waals surface area contributed by atoms with Gasteiger partial charge in [0.25, 0.3) is 0 Å². The zero-order chi connectivity index (χ0) is 17.1. The molecule has 1 aromatic carbocycles. The van der Waals surface area contributed by atoms with Crippen molar-refractivity contribution in [3.63, 3.8) is 0 Å². The lowest BCUT2D eigenvalue weighted by Gasteiger charge is -2.30. The van der Waals surface area contributed by atoms with Crippen LogP contribution in [0.5, 0.6) is 5.75 Å². The molecule has 2 aromatic rings. The third-order valence-corrected chi connectivity index (χ3v) is 4.54. The van der Waals surface area contributed by atoms with Gasteiger partial charge in [-0.3, -0.25) is 4.90 Å². The van der Waals surface area contributed by atoms with Crippen LogP contribution >= 0.6 is 0 Å². The molecule has 0 bridgehead atoms. The highest BCUT2D eigenvalue weighted by Crippen LogP contribution is 2.36. The van der Waals surface area contributed by atoms with E-state index in [9.17, 15) is 5.11 Å². The number of methoxy groups -OCH3 is 1. The number of hydrogen-bond donors (Lipinski definition) is 1. The molecule has 1 aliphatic rings. The zero-order valence-electron chi connectivity index (χ0n) is 14.5. The fraction of sp³-hybridized carbons (Fsp3) is 0.588. The van der Waals surface area contributed by atoms with Crippen LogP contribution in [0.25, 0.3) is 5.69 Å². The summed E-state index contributed by atoms with van der Waals surface area (Å²) >= 11 is 0. The molecule has 0 spiro atoms.